The lowest BCUT2D eigenvalue weighted by Crippen LogP contribution is -2.06. The molecule has 1 aromatic heterocycles. The van der Waals surface area contributed by atoms with Crippen LogP contribution >= 0.6 is 0 Å². The highest BCUT2D eigenvalue weighted by Gasteiger charge is 2.08. The van der Waals surface area contributed by atoms with Gasteiger partial charge >= 0.3 is 5.97 Å². The first kappa shape index (κ1) is 13.5. The van der Waals surface area contributed by atoms with Crippen LogP contribution in [0, 0.1) is 6.92 Å². The molecule has 4 heteroatoms. The van der Waals surface area contributed by atoms with Crippen LogP contribution in [0.5, 0.6) is 5.75 Å². The van der Waals surface area contributed by atoms with E-state index in [4.69, 9.17) is 9.84 Å². The Kier molecular flexibility index (Phi) is 3.79. The summed E-state index contributed by atoms with van der Waals surface area (Å²) in [5.41, 5.74) is 2.12. The zero-order valence-corrected chi connectivity index (χ0v) is 11.5. The lowest BCUT2D eigenvalue weighted by molar-refractivity contribution is -0.137. The number of carboxylic acid groups (broad SMARTS) is 1. The SMILES string of the molecule is Cc1cc2cc(OC(C)C)ccc2n1CCC(=O)O. The standard InChI is InChI=1S/C15H19NO3/c1-10(2)19-13-4-5-14-12(9-13)8-11(3)16(14)7-6-15(17)18/h4-5,8-10H,6-7H2,1-3H3,(H,17,18). The third kappa shape index (κ3) is 3.08. The zero-order valence-electron chi connectivity index (χ0n) is 11.5. The smallest absolute Gasteiger partial charge is 0.305 e. The summed E-state index contributed by atoms with van der Waals surface area (Å²) in [6.45, 7) is 6.47. The average Bonchev–Trinajstić information content (AvgIpc) is 2.60. The Morgan fingerprint density at radius 3 is 2.74 bits per heavy atom. The van der Waals surface area contributed by atoms with Gasteiger partial charge in [-0.15, -0.1) is 0 Å². The van der Waals surface area contributed by atoms with Gasteiger partial charge in [-0.05, 0) is 45.0 Å². The molecule has 4 nitrogen and oxygen atoms in total. The summed E-state index contributed by atoms with van der Waals surface area (Å²) in [4.78, 5) is 10.7. The molecule has 0 aliphatic rings. The summed E-state index contributed by atoms with van der Waals surface area (Å²) in [5.74, 6) is 0.0684. The molecule has 2 rings (SSSR count). The monoisotopic (exact) mass is 261 g/mol. The van der Waals surface area contributed by atoms with E-state index in [1.807, 2.05) is 43.5 Å². The molecule has 102 valence electrons. The highest BCUT2D eigenvalue weighted by atomic mass is 16.5. The van der Waals surface area contributed by atoms with E-state index in [9.17, 15) is 4.79 Å². The number of hydrogen-bond acceptors (Lipinski definition) is 2. The number of ether oxygens (including phenoxy) is 1. The van der Waals surface area contributed by atoms with Crippen LogP contribution < -0.4 is 4.74 Å². The minimum atomic E-state index is -0.777. The van der Waals surface area contributed by atoms with Gasteiger partial charge in [-0.1, -0.05) is 0 Å². The zero-order chi connectivity index (χ0) is 14.0. The third-order valence-corrected chi connectivity index (χ3v) is 3.00. The number of nitrogens with zero attached hydrogens (tertiary/aromatic N) is 1. The number of hydrogen-bond donors (Lipinski definition) is 1. The Balaban J connectivity index is 2.33. The first-order chi connectivity index (χ1) is 8.97. The number of carboxylic acids is 1. The third-order valence-electron chi connectivity index (χ3n) is 3.00. The molecule has 0 bridgehead atoms. The normalized spacial score (nSPS) is 11.2. The lowest BCUT2D eigenvalue weighted by atomic mass is 10.2. The topological polar surface area (TPSA) is 51.5 Å². The van der Waals surface area contributed by atoms with Crippen molar-refractivity contribution in [3.8, 4) is 5.75 Å². The second-order valence-electron chi connectivity index (χ2n) is 4.97. The van der Waals surface area contributed by atoms with Crippen LogP contribution in [0.15, 0.2) is 24.3 Å². The maximum absolute atomic E-state index is 10.7. The van der Waals surface area contributed by atoms with Crippen molar-refractivity contribution >= 4 is 16.9 Å². The second-order valence-corrected chi connectivity index (χ2v) is 4.97. The number of aryl methyl sites for hydroxylation is 2. The Hall–Kier alpha value is -1.97. The van der Waals surface area contributed by atoms with Crippen LogP contribution in [-0.2, 0) is 11.3 Å². The number of benzene rings is 1. The van der Waals surface area contributed by atoms with Crippen LogP contribution in [0.25, 0.3) is 10.9 Å². The van der Waals surface area contributed by atoms with Crippen molar-refractivity contribution in [2.45, 2.75) is 39.8 Å². The number of fused-ring (bicyclic) bond motifs is 1. The molecule has 0 radical (unpaired) electrons. The van der Waals surface area contributed by atoms with Crippen LogP contribution in [0.1, 0.15) is 26.0 Å². The maximum atomic E-state index is 10.7. The van der Waals surface area contributed by atoms with Crippen LogP contribution in [0.3, 0.4) is 0 Å². The van der Waals surface area contributed by atoms with Gasteiger partial charge in [0.1, 0.15) is 5.75 Å². The van der Waals surface area contributed by atoms with Crippen molar-refractivity contribution in [1.29, 1.82) is 0 Å². The Labute approximate surface area is 112 Å². The molecule has 1 N–H and O–H groups in total. The summed E-state index contributed by atoms with van der Waals surface area (Å²) in [7, 11) is 0. The maximum Gasteiger partial charge on any atom is 0.305 e. The van der Waals surface area contributed by atoms with Crippen LogP contribution in [-0.4, -0.2) is 21.7 Å². The fourth-order valence-corrected chi connectivity index (χ4v) is 2.24. The highest BCUT2D eigenvalue weighted by Crippen LogP contribution is 2.25. The molecule has 0 fully saturated rings. The predicted octanol–water partition coefficient (Wildman–Crippen LogP) is 3.21. The van der Waals surface area contributed by atoms with Gasteiger partial charge in [-0.3, -0.25) is 4.79 Å². The molecule has 1 aromatic carbocycles. The molecular formula is C15H19NO3. The average molecular weight is 261 g/mol. The van der Waals surface area contributed by atoms with E-state index in [0.717, 1.165) is 22.3 Å². The second kappa shape index (κ2) is 5.34. The van der Waals surface area contributed by atoms with Gasteiger partial charge in [0.25, 0.3) is 0 Å². The number of aromatic nitrogens is 1. The van der Waals surface area contributed by atoms with E-state index in [0.29, 0.717) is 6.54 Å². The van der Waals surface area contributed by atoms with E-state index in [1.54, 1.807) is 0 Å². The van der Waals surface area contributed by atoms with E-state index in [1.165, 1.54) is 0 Å². The summed E-state index contributed by atoms with van der Waals surface area (Å²) in [6.07, 6.45) is 0.280. The van der Waals surface area contributed by atoms with Crippen molar-refractivity contribution < 1.29 is 14.6 Å². The number of rotatable bonds is 5. The van der Waals surface area contributed by atoms with Gasteiger partial charge in [0.15, 0.2) is 0 Å². The molecule has 0 spiro atoms. The van der Waals surface area contributed by atoms with Gasteiger partial charge in [0, 0.05) is 23.1 Å². The van der Waals surface area contributed by atoms with Crippen molar-refractivity contribution in [1.82, 2.24) is 4.57 Å². The molecule has 2 aromatic rings. The summed E-state index contributed by atoms with van der Waals surface area (Å²) in [6, 6.07) is 7.98. The van der Waals surface area contributed by atoms with Crippen molar-refractivity contribution in [3.63, 3.8) is 0 Å². The Morgan fingerprint density at radius 2 is 2.11 bits per heavy atom. The van der Waals surface area contributed by atoms with E-state index >= 15 is 0 Å². The minimum absolute atomic E-state index is 0.134. The summed E-state index contributed by atoms with van der Waals surface area (Å²) < 4.78 is 7.70. The molecule has 0 saturated heterocycles. The van der Waals surface area contributed by atoms with Gasteiger partial charge < -0.3 is 14.4 Å². The van der Waals surface area contributed by atoms with Crippen LogP contribution in [0.2, 0.25) is 0 Å². The number of carbonyl (C=O) groups is 1. The number of aliphatic carboxylic acids is 1. The molecule has 0 amide bonds. The Morgan fingerprint density at radius 1 is 1.37 bits per heavy atom. The lowest BCUT2D eigenvalue weighted by Gasteiger charge is -2.10. The highest BCUT2D eigenvalue weighted by molar-refractivity contribution is 5.83. The molecule has 0 aliphatic heterocycles. The molecule has 0 unspecified atom stereocenters. The molecule has 0 saturated carbocycles. The quantitative estimate of drug-likeness (QED) is 0.899. The van der Waals surface area contributed by atoms with E-state index in [2.05, 4.69) is 6.07 Å². The molecular weight excluding hydrogens is 242 g/mol. The van der Waals surface area contributed by atoms with Crippen LogP contribution in [0.4, 0.5) is 0 Å². The van der Waals surface area contributed by atoms with Crippen molar-refractivity contribution in [3.05, 3.63) is 30.0 Å². The molecule has 0 aliphatic carbocycles. The van der Waals surface area contributed by atoms with Gasteiger partial charge in [-0.25, -0.2) is 0 Å². The van der Waals surface area contributed by atoms with Gasteiger partial charge in [-0.2, -0.15) is 0 Å². The molecule has 19 heavy (non-hydrogen) atoms. The van der Waals surface area contributed by atoms with Crippen molar-refractivity contribution in [2.75, 3.05) is 0 Å². The molecule has 1 heterocycles. The summed E-state index contributed by atoms with van der Waals surface area (Å²) in [5, 5.41) is 9.87. The predicted molar refractivity (Wildman–Crippen MR) is 74.7 cm³/mol. The first-order valence-electron chi connectivity index (χ1n) is 6.45. The molecule has 0 atom stereocenters. The van der Waals surface area contributed by atoms with Gasteiger partial charge in [0.05, 0.1) is 12.5 Å². The summed E-state index contributed by atoms with van der Waals surface area (Å²) >= 11 is 0. The first-order valence-corrected chi connectivity index (χ1v) is 6.45. The van der Waals surface area contributed by atoms with Crippen molar-refractivity contribution in [2.24, 2.45) is 0 Å². The fraction of sp³-hybridized carbons (Fsp3) is 0.400. The largest absolute Gasteiger partial charge is 0.491 e. The Bertz CT molecular complexity index is 599. The van der Waals surface area contributed by atoms with E-state index in [-0.39, 0.29) is 12.5 Å². The van der Waals surface area contributed by atoms with Gasteiger partial charge in [0.2, 0.25) is 0 Å². The fourth-order valence-electron chi connectivity index (χ4n) is 2.24. The van der Waals surface area contributed by atoms with E-state index < -0.39 is 5.97 Å². The minimum Gasteiger partial charge on any atom is -0.491 e.